The summed E-state index contributed by atoms with van der Waals surface area (Å²) in [4.78, 5) is 27.3. The Morgan fingerprint density at radius 3 is 2.52 bits per heavy atom. The predicted molar refractivity (Wildman–Crippen MR) is 112 cm³/mol. The maximum Gasteiger partial charge on any atom is 0.349 e. The topological polar surface area (TPSA) is 84.7 Å². The van der Waals surface area contributed by atoms with Gasteiger partial charge in [-0.3, -0.25) is 4.79 Å². The number of nitrogens with zero attached hydrogens (tertiary/aromatic N) is 1. The van der Waals surface area contributed by atoms with Gasteiger partial charge in [0.05, 0.1) is 11.8 Å². The first-order chi connectivity index (χ1) is 13.7. The maximum absolute atomic E-state index is 13.4. The maximum atomic E-state index is 13.4. The molecule has 0 fully saturated rings. The standard InChI is InChI=1S/C22H19NO5S/c1-14-7-8-17(11-15(14)2)23(18-9-10-29(26,27)13-18)21(24)19-12-16-5-3-4-6-20(16)28-22(19)25/h3-12,18H,13H2,1-2H3/t18-/m1/s1. The van der Waals surface area contributed by atoms with Crippen molar-refractivity contribution in [1.29, 1.82) is 0 Å². The Bertz CT molecular complexity index is 1320. The van der Waals surface area contributed by atoms with Crippen LogP contribution < -0.4 is 10.5 Å². The number of aryl methyl sites for hydroxylation is 2. The van der Waals surface area contributed by atoms with Crippen LogP contribution in [0.25, 0.3) is 11.0 Å². The lowest BCUT2D eigenvalue weighted by atomic mass is 10.1. The number of benzene rings is 2. The number of hydrogen-bond donors (Lipinski definition) is 0. The van der Waals surface area contributed by atoms with E-state index in [4.69, 9.17) is 4.42 Å². The van der Waals surface area contributed by atoms with E-state index in [1.165, 1.54) is 17.0 Å². The molecular weight excluding hydrogens is 390 g/mol. The van der Waals surface area contributed by atoms with Crippen LogP contribution >= 0.6 is 0 Å². The number of amides is 1. The van der Waals surface area contributed by atoms with E-state index in [9.17, 15) is 18.0 Å². The summed E-state index contributed by atoms with van der Waals surface area (Å²) < 4.78 is 29.3. The molecule has 0 bridgehead atoms. The van der Waals surface area contributed by atoms with Crippen molar-refractivity contribution in [2.75, 3.05) is 10.7 Å². The van der Waals surface area contributed by atoms with Crippen LogP contribution in [0.3, 0.4) is 0 Å². The summed E-state index contributed by atoms with van der Waals surface area (Å²) in [6.07, 6.45) is 1.48. The van der Waals surface area contributed by atoms with Gasteiger partial charge in [-0.2, -0.15) is 0 Å². The van der Waals surface area contributed by atoms with Gasteiger partial charge in [0.2, 0.25) is 0 Å². The van der Waals surface area contributed by atoms with E-state index in [-0.39, 0.29) is 11.3 Å². The van der Waals surface area contributed by atoms with E-state index in [2.05, 4.69) is 0 Å². The molecule has 4 rings (SSSR count). The average molecular weight is 409 g/mol. The fourth-order valence-electron chi connectivity index (χ4n) is 3.40. The first-order valence-electron chi connectivity index (χ1n) is 9.10. The van der Waals surface area contributed by atoms with E-state index in [1.807, 2.05) is 26.0 Å². The van der Waals surface area contributed by atoms with Gasteiger partial charge in [0, 0.05) is 16.5 Å². The zero-order valence-corrected chi connectivity index (χ0v) is 16.8. The van der Waals surface area contributed by atoms with Gasteiger partial charge in [0.1, 0.15) is 11.1 Å². The number of carbonyl (C=O) groups excluding carboxylic acids is 1. The monoisotopic (exact) mass is 409 g/mol. The molecular formula is C22H19NO5S. The van der Waals surface area contributed by atoms with Crippen LogP contribution in [0, 0.1) is 13.8 Å². The van der Waals surface area contributed by atoms with E-state index >= 15 is 0 Å². The lowest BCUT2D eigenvalue weighted by Crippen LogP contribution is -2.43. The second-order valence-corrected chi connectivity index (χ2v) is 9.09. The molecule has 1 aliphatic rings. The third-order valence-electron chi connectivity index (χ3n) is 5.10. The highest BCUT2D eigenvalue weighted by Gasteiger charge is 2.33. The SMILES string of the molecule is Cc1ccc(N(C(=O)c2cc3ccccc3oc2=O)[C@@H]2C=CS(=O)(=O)C2)cc1C. The summed E-state index contributed by atoms with van der Waals surface area (Å²) in [5, 5.41) is 1.73. The highest BCUT2D eigenvalue weighted by Crippen LogP contribution is 2.27. The average Bonchev–Trinajstić information content (AvgIpc) is 3.03. The highest BCUT2D eigenvalue weighted by atomic mass is 32.2. The Hall–Kier alpha value is -3.19. The van der Waals surface area contributed by atoms with Crippen molar-refractivity contribution in [3.63, 3.8) is 0 Å². The molecule has 3 aromatic rings. The van der Waals surface area contributed by atoms with Crippen LogP contribution in [0.4, 0.5) is 5.69 Å². The highest BCUT2D eigenvalue weighted by molar-refractivity contribution is 7.94. The Balaban J connectivity index is 1.86. The third-order valence-corrected chi connectivity index (χ3v) is 6.48. The molecule has 0 N–H and O–H groups in total. The van der Waals surface area contributed by atoms with Gasteiger partial charge in [0.25, 0.3) is 5.91 Å². The fraction of sp³-hybridized carbons (Fsp3) is 0.182. The molecule has 0 saturated heterocycles. The lowest BCUT2D eigenvalue weighted by molar-refractivity contribution is 0.0979. The minimum absolute atomic E-state index is 0.139. The Kier molecular flexibility index (Phi) is 4.62. The van der Waals surface area contributed by atoms with Gasteiger partial charge in [-0.25, -0.2) is 13.2 Å². The molecule has 2 aromatic carbocycles. The summed E-state index contributed by atoms with van der Waals surface area (Å²) in [5.74, 6) is -0.829. The Labute approximate surface area is 168 Å². The van der Waals surface area contributed by atoms with Crippen molar-refractivity contribution in [1.82, 2.24) is 0 Å². The molecule has 1 aliphatic heterocycles. The van der Waals surface area contributed by atoms with Gasteiger partial charge in [-0.15, -0.1) is 0 Å². The molecule has 29 heavy (non-hydrogen) atoms. The molecule has 0 radical (unpaired) electrons. The number of hydrogen-bond acceptors (Lipinski definition) is 5. The first-order valence-corrected chi connectivity index (χ1v) is 10.8. The molecule has 0 saturated carbocycles. The number of fused-ring (bicyclic) bond motifs is 1. The minimum atomic E-state index is -3.40. The van der Waals surface area contributed by atoms with Crippen molar-refractivity contribution < 1.29 is 17.6 Å². The van der Waals surface area contributed by atoms with Crippen molar-refractivity contribution in [2.24, 2.45) is 0 Å². The Morgan fingerprint density at radius 2 is 1.83 bits per heavy atom. The zero-order chi connectivity index (χ0) is 20.8. The molecule has 0 unspecified atom stereocenters. The second-order valence-electron chi connectivity index (χ2n) is 7.15. The van der Waals surface area contributed by atoms with Crippen LogP contribution in [0.15, 0.2) is 69.2 Å². The van der Waals surface area contributed by atoms with Gasteiger partial charge >= 0.3 is 5.63 Å². The number of anilines is 1. The van der Waals surface area contributed by atoms with Crippen molar-refractivity contribution >= 4 is 32.4 Å². The largest absolute Gasteiger partial charge is 0.422 e. The van der Waals surface area contributed by atoms with Gasteiger partial charge in [-0.1, -0.05) is 24.3 Å². The summed E-state index contributed by atoms with van der Waals surface area (Å²) in [5.41, 5.74) is 2.01. The second kappa shape index (κ2) is 7.00. The third kappa shape index (κ3) is 3.61. The molecule has 6 nitrogen and oxygen atoms in total. The van der Waals surface area contributed by atoms with Crippen molar-refractivity contribution in [3.8, 4) is 0 Å². The molecule has 1 atom stereocenters. The van der Waals surface area contributed by atoms with E-state index in [0.29, 0.717) is 16.7 Å². The van der Waals surface area contributed by atoms with Crippen LogP contribution in [0.2, 0.25) is 0 Å². The van der Waals surface area contributed by atoms with E-state index < -0.39 is 27.4 Å². The number of rotatable bonds is 3. The van der Waals surface area contributed by atoms with Crippen molar-refractivity contribution in [2.45, 2.75) is 19.9 Å². The normalized spacial score (nSPS) is 17.5. The Morgan fingerprint density at radius 1 is 1.07 bits per heavy atom. The van der Waals surface area contributed by atoms with Gasteiger partial charge in [0.15, 0.2) is 9.84 Å². The van der Waals surface area contributed by atoms with Crippen LogP contribution in [-0.2, 0) is 9.84 Å². The fourth-order valence-corrected chi connectivity index (χ4v) is 4.66. The predicted octanol–water partition coefficient (Wildman–Crippen LogP) is 3.37. The van der Waals surface area contributed by atoms with Crippen LogP contribution in [0.5, 0.6) is 0 Å². The number of carbonyl (C=O) groups is 1. The number of para-hydroxylation sites is 1. The van der Waals surface area contributed by atoms with E-state index in [0.717, 1.165) is 16.5 Å². The molecule has 1 amide bonds. The summed E-state index contributed by atoms with van der Waals surface area (Å²) in [7, 11) is -3.40. The molecule has 148 valence electrons. The molecule has 7 heteroatoms. The first kappa shape index (κ1) is 19.1. The number of sulfone groups is 1. The molecule has 0 aliphatic carbocycles. The zero-order valence-electron chi connectivity index (χ0n) is 16.0. The molecule has 2 heterocycles. The molecule has 1 aromatic heterocycles. The molecule has 0 spiro atoms. The van der Waals surface area contributed by atoms with Gasteiger partial charge in [-0.05, 0) is 55.3 Å². The van der Waals surface area contributed by atoms with Crippen LogP contribution in [0.1, 0.15) is 21.5 Å². The summed E-state index contributed by atoms with van der Waals surface area (Å²) >= 11 is 0. The van der Waals surface area contributed by atoms with Gasteiger partial charge < -0.3 is 9.32 Å². The van der Waals surface area contributed by atoms with Crippen molar-refractivity contribution in [3.05, 3.63) is 87.1 Å². The smallest absolute Gasteiger partial charge is 0.349 e. The van der Waals surface area contributed by atoms with Crippen LogP contribution in [-0.4, -0.2) is 26.1 Å². The quantitative estimate of drug-likeness (QED) is 0.619. The summed E-state index contributed by atoms with van der Waals surface area (Å²) in [6, 6.07) is 13.1. The van der Waals surface area contributed by atoms with E-state index in [1.54, 1.807) is 30.3 Å². The summed E-state index contributed by atoms with van der Waals surface area (Å²) in [6.45, 7) is 3.86. The lowest BCUT2D eigenvalue weighted by Gasteiger charge is -2.28. The minimum Gasteiger partial charge on any atom is -0.422 e.